The van der Waals surface area contributed by atoms with Crippen LogP contribution >= 0.6 is 0 Å². The summed E-state index contributed by atoms with van der Waals surface area (Å²) in [5.41, 5.74) is 1.40. The van der Waals surface area contributed by atoms with Crippen LogP contribution in [0, 0.1) is 5.92 Å². The molecule has 0 saturated heterocycles. The smallest absolute Gasteiger partial charge is 0.303 e. The quantitative estimate of drug-likeness (QED) is 0.357. The van der Waals surface area contributed by atoms with Crippen molar-refractivity contribution in [2.75, 3.05) is 0 Å². The minimum Gasteiger partial charge on any atom is -0.490 e. The van der Waals surface area contributed by atoms with E-state index in [1.54, 1.807) is 0 Å². The number of carbonyl (C=O) groups is 1. The molecule has 144 valence electrons. The Labute approximate surface area is 154 Å². The monoisotopic (exact) mass is 350 g/mol. The van der Waals surface area contributed by atoms with Gasteiger partial charge in [0.25, 0.3) is 0 Å². The standard InChI is InChI=1S/C22H38O3/c1-4-5-12-15-20-18(2)19(3)21(25-20)16-13-10-8-6-7-9-11-14-17-22(23)24/h13,16,18,20H,4-12,14-15,17H2,1-3H3,(H,23,24)/b16-13+. The zero-order chi connectivity index (χ0) is 18.5. The number of hydrogen-bond donors (Lipinski definition) is 1. The minimum atomic E-state index is -0.675. The number of carboxylic acids is 1. The third-order valence-electron chi connectivity index (χ3n) is 5.28. The maximum absolute atomic E-state index is 10.4. The average molecular weight is 351 g/mol. The molecule has 3 heteroatoms. The lowest BCUT2D eigenvalue weighted by Gasteiger charge is -2.16. The van der Waals surface area contributed by atoms with E-state index in [1.807, 2.05) is 0 Å². The largest absolute Gasteiger partial charge is 0.490 e. The maximum Gasteiger partial charge on any atom is 0.303 e. The van der Waals surface area contributed by atoms with E-state index in [9.17, 15) is 4.79 Å². The van der Waals surface area contributed by atoms with Gasteiger partial charge in [0.2, 0.25) is 0 Å². The van der Waals surface area contributed by atoms with Crippen LogP contribution in [-0.4, -0.2) is 17.2 Å². The van der Waals surface area contributed by atoms with Crippen LogP contribution in [0.2, 0.25) is 0 Å². The summed E-state index contributed by atoms with van der Waals surface area (Å²) in [5.74, 6) is 0.968. The van der Waals surface area contributed by atoms with Crippen LogP contribution in [0.3, 0.4) is 0 Å². The first kappa shape index (κ1) is 21.8. The van der Waals surface area contributed by atoms with Crippen molar-refractivity contribution >= 4 is 5.97 Å². The van der Waals surface area contributed by atoms with Gasteiger partial charge < -0.3 is 9.84 Å². The second-order valence-electron chi connectivity index (χ2n) is 7.44. The zero-order valence-corrected chi connectivity index (χ0v) is 16.6. The van der Waals surface area contributed by atoms with Crippen molar-refractivity contribution in [1.29, 1.82) is 0 Å². The lowest BCUT2D eigenvalue weighted by atomic mass is 9.94. The van der Waals surface area contributed by atoms with Gasteiger partial charge in [0.05, 0.1) is 0 Å². The molecule has 25 heavy (non-hydrogen) atoms. The maximum atomic E-state index is 10.4. The number of aliphatic carboxylic acids is 1. The third-order valence-corrected chi connectivity index (χ3v) is 5.28. The molecule has 0 bridgehead atoms. The summed E-state index contributed by atoms with van der Waals surface area (Å²) < 4.78 is 6.17. The second kappa shape index (κ2) is 13.0. The molecule has 3 nitrogen and oxygen atoms in total. The fourth-order valence-corrected chi connectivity index (χ4v) is 3.37. The van der Waals surface area contributed by atoms with Crippen molar-refractivity contribution in [2.45, 2.75) is 104 Å². The molecule has 0 saturated carbocycles. The first-order valence-corrected chi connectivity index (χ1v) is 10.3. The zero-order valence-electron chi connectivity index (χ0n) is 16.6. The number of hydrogen-bond acceptors (Lipinski definition) is 2. The highest BCUT2D eigenvalue weighted by molar-refractivity contribution is 5.66. The van der Waals surface area contributed by atoms with Crippen LogP contribution in [0.15, 0.2) is 23.5 Å². The Morgan fingerprint density at radius 2 is 1.76 bits per heavy atom. The first-order valence-electron chi connectivity index (χ1n) is 10.3. The van der Waals surface area contributed by atoms with Crippen molar-refractivity contribution in [1.82, 2.24) is 0 Å². The number of carboxylic acid groups (broad SMARTS) is 1. The van der Waals surface area contributed by atoms with Crippen LogP contribution in [0.4, 0.5) is 0 Å². The van der Waals surface area contributed by atoms with Gasteiger partial charge in [-0.25, -0.2) is 0 Å². The van der Waals surface area contributed by atoms with E-state index < -0.39 is 5.97 Å². The van der Waals surface area contributed by atoms with Crippen LogP contribution in [-0.2, 0) is 9.53 Å². The Bertz CT molecular complexity index is 437. The van der Waals surface area contributed by atoms with Gasteiger partial charge in [0.15, 0.2) is 0 Å². The SMILES string of the molecule is CCCCCC1OC(/C=C/CCCCCCCCC(=O)O)=C(C)C1C. The number of allylic oxidation sites excluding steroid dienone is 2. The lowest BCUT2D eigenvalue weighted by molar-refractivity contribution is -0.137. The molecule has 1 N–H and O–H groups in total. The summed E-state index contributed by atoms with van der Waals surface area (Å²) in [6, 6.07) is 0. The van der Waals surface area contributed by atoms with E-state index in [-0.39, 0.29) is 0 Å². The molecule has 1 rings (SSSR count). The fourth-order valence-electron chi connectivity index (χ4n) is 3.37. The predicted octanol–water partition coefficient (Wildman–Crippen LogP) is 6.64. The summed E-state index contributed by atoms with van der Waals surface area (Å²) in [6.07, 6.45) is 17.9. The average Bonchev–Trinajstić information content (AvgIpc) is 2.84. The van der Waals surface area contributed by atoms with Crippen LogP contribution in [0.25, 0.3) is 0 Å². The van der Waals surface area contributed by atoms with Gasteiger partial charge in [-0.05, 0) is 50.7 Å². The lowest BCUT2D eigenvalue weighted by Crippen LogP contribution is -2.15. The van der Waals surface area contributed by atoms with E-state index in [2.05, 4.69) is 32.9 Å². The molecule has 0 fully saturated rings. The van der Waals surface area contributed by atoms with Gasteiger partial charge in [0.1, 0.15) is 11.9 Å². The highest BCUT2D eigenvalue weighted by Gasteiger charge is 2.28. The molecule has 0 aromatic rings. The van der Waals surface area contributed by atoms with Crippen molar-refractivity contribution in [3.05, 3.63) is 23.5 Å². The normalized spacial score (nSPS) is 20.4. The predicted molar refractivity (Wildman–Crippen MR) is 105 cm³/mol. The molecule has 1 aliphatic rings. The molecule has 0 aliphatic carbocycles. The Hall–Kier alpha value is -1.25. The molecule has 0 aromatic heterocycles. The van der Waals surface area contributed by atoms with Crippen molar-refractivity contribution < 1.29 is 14.6 Å². The Kier molecular flexibility index (Phi) is 11.3. The van der Waals surface area contributed by atoms with E-state index >= 15 is 0 Å². The molecule has 0 radical (unpaired) electrons. The summed E-state index contributed by atoms with van der Waals surface area (Å²) >= 11 is 0. The van der Waals surface area contributed by atoms with E-state index in [0.717, 1.165) is 31.4 Å². The molecule has 1 heterocycles. The third kappa shape index (κ3) is 9.13. The minimum absolute atomic E-state index is 0.315. The van der Waals surface area contributed by atoms with Gasteiger partial charge in [-0.1, -0.05) is 58.4 Å². The molecule has 0 aromatic carbocycles. The van der Waals surface area contributed by atoms with Gasteiger partial charge >= 0.3 is 5.97 Å². The first-order chi connectivity index (χ1) is 12.1. The van der Waals surface area contributed by atoms with Gasteiger partial charge in [-0.15, -0.1) is 0 Å². The molecular formula is C22H38O3. The number of unbranched alkanes of at least 4 members (excludes halogenated alkanes) is 8. The molecule has 1 aliphatic heterocycles. The van der Waals surface area contributed by atoms with Crippen LogP contribution < -0.4 is 0 Å². The molecule has 2 unspecified atom stereocenters. The fraction of sp³-hybridized carbons (Fsp3) is 0.773. The summed E-state index contributed by atoms with van der Waals surface area (Å²) in [5, 5.41) is 8.59. The van der Waals surface area contributed by atoms with Gasteiger partial charge in [0, 0.05) is 12.3 Å². The van der Waals surface area contributed by atoms with Gasteiger partial charge in [-0.2, -0.15) is 0 Å². The summed E-state index contributed by atoms with van der Waals surface area (Å²) in [4.78, 5) is 10.4. The van der Waals surface area contributed by atoms with E-state index in [4.69, 9.17) is 9.84 Å². The Balaban J connectivity index is 2.12. The molecule has 0 spiro atoms. The summed E-state index contributed by atoms with van der Waals surface area (Å²) in [6.45, 7) is 6.74. The second-order valence-corrected chi connectivity index (χ2v) is 7.44. The number of rotatable bonds is 14. The molecule has 2 atom stereocenters. The molecule has 0 amide bonds. The van der Waals surface area contributed by atoms with Gasteiger partial charge in [-0.3, -0.25) is 4.79 Å². The Morgan fingerprint density at radius 3 is 2.44 bits per heavy atom. The van der Waals surface area contributed by atoms with Crippen molar-refractivity contribution in [3.8, 4) is 0 Å². The van der Waals surface area contributed by atoms with E-state index in [1.165, 1.54) is 50.5 Å². The highest BCUT2D eigenvalue weighted by Crippen LogP contribution is 2.34. The highest BCUT2D eigenvalue weighted by atomic mass is 16.5. The van der Waals surface area contributed by atoms with Crippen molar-refractivity contribution in [3.63, 3.8) is 0 Å². The van der Waals surface area contributed by atoms with Crippen molar-refractivity contribution in [2.24, 2.45) is 5.92 Å². The number of ether oxygens (including phenoxy) is 1. The van der Waals surface area contributed by atoms with Crippen LogP contribution in [0.5, 0.6) is 0 Å². The molecular weight excluding hydrogens is 312 g/mol. The van der Waals surface area contributed by atoms with Crippen LogP contribution in [0.1, 0.15) is 97.8 Å². The topological polar surface area (TPSA) is 46.5 Å². The van der Waals surface area contributed by atoms with E-state index in [0.29, 0.717) is 18.4 Å². The summed E-state index contributed by atoms with van der Waals surface area (Å²) in [7, 11) is 0. The Morgan fingerprint density at radius 1 is 1.08 bits per heavy atom.